The highest BCUT2D eigenvalue weighted by atomic mass is 19.4. The molecule has 1 aromatic carbocycles. The van der Waals surface area contributed by atoms with Gasteiger partial charge in [0.15, 0.2) is 0 Å². The van der Waals surface area contributed by atoms with Gasteiger partial charge in [0.1, 0.15) is 5.82 Å². The Morgan fingerprint density at radius 1 is 1.19 bits per heavy atom. The van der Waals surface area contributed by atoms with Crippen LogP contribution in [0.5, 0.6) is 0 Å². The Hall–Kier alpha value is -2.90. The molecule has 1 aliphatic rings. The van der Waals surface area contributed by atoms with Crippen LogP contribution in [-0.2, 0) is 5.54 Å². The lowest BCUT2D eigenvalue weighted by molar-refractivity contribution is -0.0689. The number of allylic oxidation sites excluding steroid dienone is 1. The maximum absolute atomic E-state index is 13.1. The van der Waals surface area contributed by atoms with Crippen LogP contribution >= 0.6 is 0 Å². The number of rotatable bonds is 4. The zero-order chi connectivity index (χ0) is 19.1. The molecular weight excluding hydrogens is 352 g/mol. The normalized spacial score (nSPS) is 15.4. The van der Waals surface area contributed by atoms with Crippen molar-refractivity contribution in [2.45, 2.75) is 24.6 Å². The number of carboxylic acid groups (broad SMARTS) is 1. The Morgan fingerprint density at radius 3 is 2.31 bits per heavy atom. The first kappa shape index (κ1) is 17.9. The molecule has 0 atom stereocenters. The number of benzene rings is 1. The summed E-state index contributed by atoms with van der Waals surface area (Å²) in [5.74, 6) is -0.490. The maximum atomic E-state index is 13.1. The summed E-state index contributed by atoms with van der Waals surface area (Å²) in [5.41, 5.74) is -1.50. The molecule has 1 heterocycles. The molecule has 2 aromatic rings. The summed E-state index contributed by atoms with van der Waals surface area (Å²) >= 11 is 0. The molecule has 0 spiro atoms. The molecule has 2 N–H and O–H groups in total. The molecule has 1 aliphatic carbocycles. The van der Waals surface area contributed by atoms with Gasteiger partial charge >= 0.3 is 12.3 Å². The van der Waals surface area contributed by atoms with Crippen LogP contribution in [0, 0.1) is 5.82 Å². The molecule has 8 heteroatoms. The predicted molar refractivity (Wildman–Crippen MR) is 86.8 cm³/mol. The molecule has 136 valence electrons. The van der Waals surface area contributed by atoms with E-state index in [1.807, 2.05) is 0 Å². The number of nitrogens with zero attached hydrogens (tertiary/aromatic N) is 1. The second-order valence-electron chi connectivity index (χ2n) is 6.12. The van der Waals surface area contributed by atoms with Crippen molar-refractivity contribution >= 4 is 11.7 Å². The van der Waals surface area contributed by atoms with Crippen molar-refractivity contribution in [3.05, 3.63) is 60.1 Å². The third-order valence-corrected chi connectivity index (χ3v) is 4.27. The van der Waals surface area contributed by atoms with Crippen molar-refractivity contribution in [2.24, 2.45) is 0 Å². The van der Waals surface area contributed by atoms with E-state index in [1.165, 1.54) is 36.4 Å². The lowest BCUT2D eigenvalue weighted by Gasteiger charge is -2.19. The van der Waals surface area contributed by atoms with E-state index in [9.17, 15) is 22.4 Å². The van der Waals surface area contributed by atoms with Crippen LogP contribution in [0.1, 0.15) is 24.1 Å². The lowest BCUT2D eigenvalue weighted by Crippen LogP contribution is -2.33. The second kappa shape index (κ2) is 6.12. The second-order valence-corrected chi connectivity index (χ2v) is 6.12. The van der Waals surface area contributed by atoms with Gasteiger partial charge in [-0.05, 0) is 54.8 Å². The van der Waals surface area contributed by atoms with Gasteiger partial charge in [-0.1, -0.05) is 6.58 Å². The monoisotopic (exact) mass is 366 g/mol. The Morgan fingerprint density at radius 2 is 1.81 bits per heavy atom. The van der Waals surface area contributed by atoms with Crippen molar-refractivity contribution < 1.29 is 27.5 Å². The molecule has 26 heavy (non-hydrogen) atoms. The van der Waals surface area contributed by atoms with Gasteiger partial charge in [-0.2, -0.15) is 13.2 Å². The highest BCUT2D eigenvalue weighted by Gasteiger charge is 2.47. The van der Waals surface area contributed by atoms with Gasteiger partial charge in [0, 0.05) is 5.56 Å². The number of halogens is 4. The highest BCUT2D eigenvalue weighted by Crippen LogP contribution is 2.47. The van der Waals surface area contributed by atoms with E-state index in [0.29, 0.717) is 24.0 Å². The van der Waals surface area contributed by atoms with Crippen LogP contribution in [0.3, 0.4) is 0 Å². The fraction of sp³-hybridized carbons (Fsp3) is 0.222. The van der Waals surface area contributed by atoms with Gasteiger partial charge in [-0.3, -0.25) is 0 Å². The van der Waals surface area contributed by atoms with E-state index in [2.05, 4.69) is 16.9 Å². The molecule has 1 amide bonds. The van der Waals surface area contributed by atoms with E-state index < -0.39 is 34.9 Å². The first-order valence-electron chi connectivity index (χ1n) is 7.67. The van der Waals surface area contributed by atoms with E-state index in [4.69, 9.17) is 5.11 Å². The fourth-order valence-corrected chi connectivity index (χ4v) is 2.69. The minimum absolute atomic E-state index is 0.182. The first-order valence-corrected chi connectivity index (χ1v) is 7.67. The van der Waals surface area contributed by atoms with E-state index >= 15 is 0 Å². The summed E-state index contributed by atoms with van der Waals surface area (Å²) in [6, 6.07) is 7.85. The molecule has 0 unspecified atom stereocenters. The van der Waals surface area contributed by atoms with Gasteiger partial charge in [-0.25, -0.2) is 14.2 Å². The Bertz CT molecular complexity index is 872. The third-order valence-electron chi connectivity index (χ3n) is 4.27. The van der Waals surface area contributed by atoms with Crippen molar-refractivity contribution in [3.63, 3.8) is 0 Å². The van der Waals surface area contributed by atoms with Crippen LogP contribution in [0.4, 0.5) is 22.4 Å². The highest BCUT2D eigenvalue weighted by molar-refractivity contribution is 5.71. The average Bonchev–Trinajstić information content (AvgIpc) is 3.33. The van der Waals surface area contributed by atoms with Gasteiger partial charge in [0.05, 0.1) is 22.5 Å². The standard InChI is InChI=1S/C18H14F4N2O2/c1-10(18(20,21)22)14-8-12(17(6-7-17)24-16(25)26)9-15(23-14)11-2-4-13(19)5-3-11/h2-5,8-9,24H,1,6-7H2,(H,25,26). The minimum Gasteiger partial charge on any atom is -0.465 e. The molecule has 1 fully saturated rings. The van der Waals surface area contributed by atoms with Crippen molar-refractivity contribution in [2.75, 3.05) is 0 Å². The van der Waals surface area contributed by atoms with E-state index in [-0.39, 0.29) is 5.69 Å². The molecule has 1 aromatic heterocycles. The van der Waals surface area contributed by atoms with Gasteiger partial charge in [-0.15, -0.1) is 0 Å². The summed E-state index contributed by atoms with van der Waals surface area (Å²) < 4.78 is 52.4. The minimum atomic E-state index is -4.68. The number of amides is 1. The van der Waals surface area contributed by atoms with Crippen LogP contribution in [0.2, 0.25) is 0 Å². The van der Waals surface area contributed by atoms with E-state index in [0.717, 1.165) is 0 Å². The van der Waals surface area contributed by atoms with E-state index in [1.54, 1.807) is 0 Å². The SMILES string of the molecule is C=C(c1cc(C2(NC(=O)O)CC2)cc(-c2ccc(F)cc2)n1)C(F)(F)F. The van der Waals surface area contributed by atoms with Gasteiger partial charge in [0.25, 0.3) is 0 Å². The number of alkyl halides is 3. The molecule has 0 saturated heterocycles. The quantitative estimate of drug-likeness (QED) is 0.770. The number of carbonyl (C=O) groups is 1. The van der Waals surface area contributed by atoms with Crippen molar-refractivity contribution in [3.8, 4) is 11.3 Å². The lowest BCUT2D eigenvalue weighted by atomic mass is 9.99. The molecule has 4 nitrogen and oxygen atoms in total. The zero-order valence-electron chi connectivity index (χ0n) is 13.4. The first-order chi connectivity index (χ1) is 12.1. The number of hydrogen-bond acceptors (Lipinski definition) is 2. The number of pyridine rings is 1. The van der Waals surface area contributed by atoms with Crippen molar-refractivity contribution in [1.82, 2.24) is 10.3 Å². The fourth-order valence-electron chi connectivity index (χ4n) is 2.69. The molecular formula is C18H14F4N2O2. The summed E-state index contributed by atoms with van der Waals surface area (Å²) in [5, 5.41) is 11.4. The van der Waals surface area contributed by atoms with Crippen LogP contribution in [0.25, 0.3) is 16.8 Å². The molecule has 3 rings (SSSR count). The van der Waals surface area contributed by atoms with Crippen LogP contribution in [-0.4, -0.2) is 22.4 Å². The Balaban J connectivity index is 2.13. The molecule has 1 saturated carbocycles. The van der Waals surface area contributed by atoms with Crippen molar-refractivity contribution in [1.29, 1.82) is 0 Å². The average molecular weight is 366 g/mol. The molecule has 0 radical (unpaired) electrons. The number of aromatic nitrogens is 1. The molecule has 0 bridgehead atoms. The zero-order valence-corrected chi connectivity index (χ0v) is 13.4. The summed E-state index contributed by atoms with van der Waals surface area (Å²) in [6.07, 6.45) is -5.02. The third kappa shape index (κ3) is 3.54. The summed E-state index contributed by atoms with van der Waals surface area (Å²) in [7, 11) is 0. The Labute approximate surface area is 146 Å². The predicted octanol–water partition coefficient (Wildman–Crippen LogP) is 4.72. The summed E-state index contributed by atoms with van der Waals surface area (Å²) in [4.78, 5) is 15.0. The smallest absolute Gasteiger partial charge is 0.417 e. The van der Waals surface area contributed by atoms with Gasteiger partial charge in [0.2, 0.25) is 0 Å². The maximum Gasteiger partial charge on any atom is 0.417 e. The number of hydrogen-bond donors (Lipinski definition) is 2. The number of nitrogens with one attached hydrogen (secondary N) is 1. The summed E-state index contributed by atoms with van der Waals surface area (Å²) in [6.45, 7) is 3.07. The Kier molecular flexibility index (Phi) is 4.21. The van der Waals surface area contributed by atoms with Crippen LogP contribution < -0.4 is 5.32 Å². The van der Waals surface area contributed by atoms with Gasteiger partial charge < -0.3 is 10.4 Å². The topological polar surface area (TPSA) is 62.2 Å². The largest absolute Gasteiger partial charge is 0.465 e. The van der Waals surface area contributed by atoms with Crippen LogP contribution in [0.15, 0.2) is 43.0 Å². The molecule has 0 aliphatic heterocycles.